The van der Waals surface area contributed by atoms with E-state index in [1.807, 2.05) is 42.2 Å². The maximum absolute atomic E-state index is 11.3. The van der Waals surface area contributed by atoms with Gasteiger partial charge in [-0.2, -0.15) is 5.10 Å². The van der Waals surface area contributed by atoms with Crippen LogP contribution < -0.4 is 9.88 Å². The van der Waals surface area contributed by atoms with Crippen LogP contribution in [0.25, 0.3) is 11.3 Å². The number of hydrazone groups is 1. The number of carbonyl (C=O) groups is 2. The smallest absolute Gasteiger partial charge is 0.344 e. The summed E-state index contributed by atoms with van der Waals surface area (Å²) in [6, 6.07) is 14.6. The molecule has 1 fully saturated rings. The molecule has 0 atom stereocenters. The van der Waals surface area contributed by atoms with Gasteiger partial charge in [-0.15, -0.1) is 0 Å². The third-order valence-electron chi connectivity index (χ3n) is 3.95. The molecular weight excluding hydrogens is 390 g/mol. The molecule has 1 saturated heterocycles. The predicted octanol–water partition coefficient (Wildman–Crippen LogP) is 2.25. The Bertz CT molecular complexity index is 1080. The van der Waals surface area contributed by atoms with Crippen LogP contribution in [0.4, 0.5) is 10.5 Å². The van der Waals surface area contributed by atoms with Gasteiger partial charge in [0.1, 0.15) is 25.1 Å². The zero-order chi connectivity index (χ0) is 21.5. The lowest BCUT2D eigenvalue weighted by Gasteiger charge is -2.02. The molecule has 3 heterocycles. The first-order valence-electron chi connectivity index (χ1n) is 8.82. The molecule has 30 heavy (non-hydrogen) atoms. The van der Waals surface area contributed by atoms with E-state index < -0.39 is 16.9 Å². The Balaban J connectivity index is 0.000000310. The highest BCUT2D eigenvalue weighted by molar-refractivity contribution is 6.02. The fourth-order valence-electron chi connectivity index (χ4n) is 2.46. The first kappa shape index (κ1) is 20.4. The van der Waals surface area contributed by atoms with Crippen molar-refractivity contribution < 1.29 is 23.5 Å². The summed E-state index contributed by atoms with van der Waals surface area (Å²) in [5.41, 5.74) is 0.663. The topological polar surface area (TPSA) is 122 Å². The number of hydrogen-bond acceptors (Lipinski definition) is 6. The summed E-state index contributed by atoms with van der Waals surface area (Å²) < 4.78 is 7.53. The number of carbonyl (C=O) groups excluding carboxylic acids is 2. The number of hydrogen-bond donors (Lipinski definition) is 1. The van der Waals surface area contributed by atoms with Crippen molar-refractivity contribution in [1.82, 2.24) is 10.3 Å². The molecule has 1 aliphatic rings. The summed E-state index contributed by atoms with van der Waals surface area (Å²) in [6.07, 6.45) is 5.31. The van der Waals surface area contributed by atoms with Crippen LogP contribution in [-0.4, -0.2) is 34.6 Å². The van der Waals surface area contributed by atoms with Crippen molar-refractivity contribution >= 4 is 23.8 Å². The second kappa shape index (κ2) is 9.24. The number of rotatable bonds is 4. The summed E-state index contributed by atoms with van der Waals surface area (Å²) in [6.45, 7) is -0.134. The zero-order valence-corrected chi connectivity index (χ0v) is 16.0. The van der Waals surface area contributed by atoms with Gasteiger partial charge >= 0.3 is 6.03 Å². The van der Waals surface area contributed by atoms with E-state index in [2.05, 4.69) is 10.4 Å². The molecule has 0 radical (unpaired) electrons. The van der Waals surface area contributed by atoms with Crippen LogP contribution in [0.5, 0.6) is 0 Å². The third-order valence-corrected chi connectivity index (χ3v) is 3.95. The molecule has 0 aliphatic carbocycles. The minimum absolute atomic E-state index is 0.00759. The molecule has 1 aliphatic heterocycles. The van der Waals surface area contributed by atoms with Gasteiger partial charge in [0.25, 0.3) is 5.69 Å². The maximum atomic E-state index is 11.3. The second-order valence-corrected chi connectivity index (χ2v) is 6.20. The van der Waals surface area contributed by atoms with Gasteiger partial charge in [-0.05, 0) is 24.3 Å². The van der Waals surface area contributed by atoms with Crippen molar-refractivity contribution in [2.45, 2.75) is 0 Å². The molecule has 10 heteroatoms. The fraction of sp³-hybridized carbons (Fsp3) is 0.100. The first-order valence-corrected chi connectivity index (χ1v) is 8.82. The lowest BCUT2D eigenvalue weighted by molar-refractivity contribution is -0.671. The van der Waals surface area contributed by atoms with Crippen LogP contribution in [0.3, 0.4) is 0 Å². The molecule has 1 aromatic carbocycles. The number of nitro benzene ring substituents is 1. The first-order chi connectivity index (χ1) is 14.4. The Kier molecular flexibility index (Phi) is 6.28. The lowest BCUT2D eigenvalue weighted by Crippen LogP contribution is -2.25. The number of nitrogens with zero attached hydrogens (tertiary/aromatic N) is 4. The van der Waals surface area contributed by atoms with Gasteiger partial charge in [-0.25, -0.2) is 14.4 Å². The molecule has 3 amide bonds. The number of imide groups is 1. The van der Waals surface area contributed by atoms with E-state index in [-0.39, 0.29) is 12.2 Å². The van der Waals surface area contributed by atoms with Gasteiger partial charge in [0.2, 0.25) is 5.91 Å². The van der Waals surface area contributed by atoms with Gasteiger partial charge in [-0.1, -0.05) is 6.07 Å². The zero-order valence-electron chi connectivity index (χ0n) is 16.0. The molecule has 4 rings (SSSR count). The molecule has 0 unspecified atom stereocenters. The molecule has 2 aromatic heterocycles. The Hall–Kier alpha value is -4.34. The number of furan rings is 1. The highest BCUT2D eigenvalue weighted by atomic mass is 16.6. The van der Waals surface area contributed by atoms with E-state index in [4.69, 9.17) is 4.42 Å². The number of non-ortho nitro benzene ring substituents is 1. The number of amides is 3. The van der Waals surface area contributed by atoms with Gasteiger partial charge < -0.3 is 4.42 Å². The molecule has 0 spiro atoms. The van der Waals surface area contributed by atoms with E-state index in [0.29, 0.717) is 17.1 Å². The fourth-order valence-corrected chi connectivity index (χ4v) is 2.46. The molecule has 0 saturated carbocycles. The summed E-state index contributed by atoms with van der Waals surface area (Å²) in [5, 5.41) is 17.6. The number of nitro groups is 1. The van der Waals surface area contributed by atoms with Gasteiger partial charge in [0.15, 0.2) is 12.4 Å². The molecule has 10 nitrogen and oxygen atoms in total. The Morgan fingerprint density at radius 3 is 2.37 bits per heavy atom. The molecule has 3 aromatic rings. The van der Waals surface area contributed by atoms with E-state index in [0.717, 1.165) is 5.01 Å². The number of aryl methyl sites for hydroxylation is 1. The van der Waals surface area contributed by atoms with Crippen molar-refractivity contribution in [1.29, 1.82) is 0 Å². The van der Waals surface area contributed by atoms with Crippen LogP contribution in [0, 0.1) is 10.1 Å². The third kappa shape index (κ3) is 5.35. The quantitative estimate of drug-likeness (QED) is 0.233. The van der Waals surface area contributed by atoms with Crippen LogP contribution in [0.1, 0.15) is 5.76 Å². The summed E-state index contributed by atoms with van der Waals surface area (Å²) >= 11 is 0. The normalized spacial score (nSPS) is 13.2. The maximum Gasteiger partial charge on any atom is 0.344 e. The number of aromatic nitrogens is 1. The monoisotopic (exact) mass is 408 g/mol. The lowest BCUT2D eigenvalue weighted by atomic mass is 10.1. The van der Waals surface area contributed by atoms with E-state index in [1.54, 1.807) is 24.3 Å². The molecular formula is C20H18N5O5+. The van der Waals surface area contributed by atoms with Gasteiger partial charge in [0.05, 0.1) is 11.1 Å². The minimum Gasteiger partial charge on any atom is -0.455 e. The molecule has 1 N–H and O–H groups in total. The largest absolute Gasteiger partial charge is 0.455 e. The van der Waals surface area contributed by atoms with E-state index in [1.165, 1.54) is 18.3 Å². The average molecular weight is 408 g/mol. The average Bonchev–Trinajstić information content (AvgIpc) is 3.33. The van der Waals surface area contributed by atoms with Crippen molar-refractivity contribution in [3.05, 3.63) is 82.9 Å². The van der Waals surface area contributed by atoms with Crippen LogP contribution >= 0.6 is 0 Å². The minimum atomic E-state index is -0.589. The number of benzene rings is 1. The van der Waals surface area contributed by atoms with Crippen molar-refractivity contribution in [3.63, 3.8) is 0 Å². The highest BCUT2D eigenvalue weighted by Crippen LogP contribution is 2.24. The number of urea groups is 1. The Morgan fingerprint density at radius 2 is 1.83 bits per heavy atom. The second-order valence-electron chi connectivity index (χ2n) is 6.20. The van der Waals surface area contributed by atoms with Crippen molar-refractivity contribution in [2.24, 2.45) is 12.1 Å². The van der Waals surface area contributed by atoms with Crippen LogP contribution in [0.15, 0.2) is 76.5 Å². The van der Waals surface area contributed by atoms with E-state index in [9.17, 15) is 19.7 Å². The van der Waals surface area contributed by atoms with Crippen LogP contribution in [-0.2, 0) is 11.8 Å². The Labute approximate surface area is 171 Å². The summed E-state index contributed by atoms with van der Waals surface area (Å²) in [4.78, 5) is 32.5. The SMILES string of the molecule is C[n+]1ccccc1.O=C1CN(N=Cc2ccc(-c3ccc([N+](=O)[O-])cc3)o2)C(=O)N1. The van der Waals surface area contributed by atoms with Crippen molar-refractivity contribution in [2.75, 3.05) is 6.54 Å². The van der Waals surface area contributed by atoms with Gasteiger partial charge in [-0.3, -0.25) is 20.2 Å². The highest BCUT2D eigenvalue weighted by Gasteiger charge is 2.26. The van der Waals surface area contributed by atoms with E-state index >= 15 is 0 Å². The standard InChI is InChI=1S/C14H10N4O5.C6H8N/c19-13-8-17(14(20)16-13)15-7-11-5-6-12(23-11)9-1-3-10(4-2-9)18(21)22;1-7-5-3-2-4-6-7/h1-7H,8H2,(H,16,19,20);2-6H,1H3/q;+1. The molecule has 152 valence electrons. The van der Waals surface area contributed by atoms with Crippen molar-refractivity contribution in [3.8, 4) is 11.3 Å². The van der Waals surface area contributed by atoms with Crippen LogP contribution in [0.2, 0.25) is 0 Å². The summed E-state index contributed by atoms with van der Waals surface area (Å²) in [5.74, 6) is 0.465. The number of pyridine rings is 1. The Morgan fingerprint density at radius 1 is 1.13 bits per heavy atom. The molecule has 0 bridgehead atoms. The van der Waals surface area contributed by atoms with Gasteiger partial charge in [0, 0.05) is 29.8 Å². The summed E-state index contributed by atoms with van der Waals surface area (Å²) in [7, 11) is 2.00. The number of nitrogens with one attached hydrogen (secondary N) is 1. The predicted molar refractivity (Wildman–Crippen MR) is 106 cm³/mol.